The number of carbonyl (C=O) groups excluding carboxylic acids is 2. The Morgan fingerprint density at radius 2 is 1.88 bits per heavy atom. The maximum absolute atomic E-state index is 12.1. The van der Waals surface area contributed by atoms with Crippen LogP contribution in [-0.4, -0.2) is 32.9 Å². The first kappa shape index (κ1) is 16.4. The molecule has 0 bridgehead atoms. The lowest BCUT2D eigenvalue weighted by Gasteiger charge is -2.08. The van der Waals surface area contributed by atoms with Crippen LogP contribution in [0.4, 0.5) is 5.69 Å². The first-order chi connectivity index (χ1) is 12.2. The van der Waals surface area contributed by atoms with Crippen molar-refractivity contribution in [2.45, 2.75) is 6.54 Å². The Balaban J connectivity index is 1.48. The molecule has 126 valence electrons. The van der Waals surface area contributed by atoms with Gasteiger partial charge in [-0.25, -0.2) is 4.98 Å². The molecule has 2 aromatic heterocycles. The van der Waals surface area contributed by atoms with Gasteiger partial charge in [-0.2, -0.15) is 0 Å². The summed E-state index contributed by atoms with van der Waals surface area (Å²) in [6.45, 7) is 0.565. The van der Waals surface area contributed by atoms with E-state index in [-0.39, 0.29) is 18.4 Å². The van der Waals surface area contributed by atoms with Crippen LogP contribution < -0.4 is 10.6 Å². The molecule has 0 saturated carbocycles. The Kier molecular flexibility index (Phi) is 5.16. The van der Waals surface area contributed by atoms with Gasteiger partial charge in [-0.3, -0.25) is 19.1 Å². The van der Waals surface area contributed by atoms with E-state index in [0.29, 0.717) is 12.1 Å². The fraction of sp³-hybridized carbons (Fsp3) is 0.111. The second-order valence-electron chi connectivity index (χ2n) is 5.34. The molecule has 2 N–H and O–H groups in total. The molecule has 2 heterocycles. The number of rotatable bonds is 6. The third-order valence-electron chi connectivity index (χ3n) is 3.54. The molecule has 3 aromatic rings. The minimum Gasteiger partial charge on any atom is -0.375 e. The maximum atomic E-state index is 12.1. The van der Waals surface area contributed by atoms with Crippen LogP contribution in [0.3, 0.4) is 0 Å². The number of nitrogens with zero attached hydrogens (tertiary/aromatic N) is 3. The van der Waals surface area contributed by atoms with E-state index in [1.54, 1.807) is 43.0 Å². The van der Waals surface area contributed by atoms with Gasteiger partial charge in [0, 0.05) is 36.9 Å². The van der Waals surface area contributed by atoms with Gasteiger partial charge in [-0.15, -0.1) is 0 Å². The summed E-state index contributed by atoms with van der Waals surface area (Å²) in [6, 6.07) is 10.7. The molecular formula is C18H17N5O2. The summed E-state index contributed by atoms with van der Waals surface area (Å²) in [6.07, 6.45) is 7.95. The topological polar surface area (TPSA) is 88.9 Å². The number of anilines is 1. The molecular weight excluding hydrogens is 318 g/mol. The summed E-state index contributed by atoms with van der Waals surface area (Å²) in [5, 5.41) is 5.82. The van der Waals surface area contributed by atoms with Crippen molar-refractivity contribution in [1.29, 1.82) is 0 Å². The molecule has 0 spiro atoms. The van der Waals surface area contributed by atoms with E-state index in [4.69, 9.17) is 0 Å². The molecule has 1 aromatic carbocycles. The average Bonchev–Trinajstić information content (AvgIpc) is 3.20. The third-order valence-corrected chi connectivity index (χ3v) is 3.54. The number of pyridine rings is 1. The van der Waals surface area contributed by atoms with E-state index in [1.807, 2.05) is 18.2 Å². The van der Waals surface area contributed by atoms with Crippen LogP contribution in [0, 0.1) is 0 Å². The number of carbonyl (C=O) groups is 2. The van der Waals surface area contributed by atoms with E-state index in [2.05, 4.69) is 20.6 Å². The van der Waals surface area contributed by atoms with Gasteiger partial charge in [0.2, 0.25) is 5.91 Å². The average molecular weight is 335 g/mol. The molecule has 0 aliphatic heterocycles. The van der Waals surface area contributed by atoms with E-state index in [0.717, 1.165) is 11.3 Å². The lowest BCUT2D eigenvalue weighted by atomic mass is 10.1. The van der Waals surface area contributed by atoms with Crippen molar-refractivity contribution < 1.29 is 9.59 Å². The van der Waals surface area contributed by atoms with Crippen LogP contribution in [0.15, 0.2) is 67.5 Å². The maximum Gasteiger partial charge on any atom is 0.263 e. The summed E-state index contributed by atoms with van der Waals surface area (Å²) in [5.74, 6) is -0.267. The molecule has 0 radical (unpaired) electrons. The number of imidazole rings is 1. The summed E-state index contributed by atoms with van der Waals surface area (Å²) >= 11 is 0. The van der Waals surface area contributed by atoms with Crippen molar-refractivity contribution in [3.63, 3.8) is 0 Å². The summed E-state index contributed by atoms with van der Waals surface area (Å²) < 4.78 is 1.42. The fourth-order valence-corrected chi connectivity index (χ4v) is 2.21. The Hall–Kier alpha value is -3.48. The van der Waals surface area contributed by atoms with Crippen LogP contribution in [-0.2, 0) is 11.3 Å². The van der Waals surface area contributed by atoms with Crippen LogP contribution in [0.5, 0.6) is 0 Å². The quantitative estimate of drug-likeness (QED) is 0.716. The largest absolute Gasteiger partial charge is 0.375 e. The van der Waals surface area contributed by atoms with E-state index in [1.165, 1.54) is 10.9 Å². The molecule has 7 nitrogen and oxygen atoms in total. The number of nitrogens with one attached hydrogen (secondary N) is 2. The van der Waals surface area contributed by atoms with Gasteiger partial charge in [0.15, 0.2) is 0 Å². The van der Waals surface area contributed by atoms with Crippen LogP contribution >= 0.6 is 0 Å². The minimum atomic E-state index is -0.145. The van der Waals surface area contributed by atoms with Crippen molar-refractivity contribution in [2.24, 2.45) is 0 Å². The third kappa shape index (κ3) is 4.51. The lowest BCUT2D eigenvalue weighted by molar-refractivity contribution is -0.119. The van der Waals surface area contributed by atoms with Crippen molar-refractivity contribution in [2.75, 3.05) is 11.9 Å². The van der Waals surface area contributed by atoms with Gasteiger partial charge in [-0.1, -0.05) is 12.1 Å². The normalized spacial score (nSPS) is 10.2. The monoisotopic (exact) mass is 335 g/mol. The van der Waals surface area contributed by atoms with Gasteiger partial charge < -0.3 is 10.6 Å². The van der Waals surface area contributed by atoms with Crippen LogP contribution in [0.25, 0.3) is 0 Å². The minimum absolute atomic E-state index is 0.123. The summed E-state index contributed by atoms with van der Waals surface area (Å²) in [5.41, 5.74) is 2.27. The van der Waals surface area contributed by atoms with Crippen LogP contribution in [0.2, 0.25) is 0 Å². The molecule has 0 saturated heterocycles. The molecule has 1 amide bonds. The van der Waals surface area contributed by atoms with E-state index in [9.17, 15) is 9.59 Å². The zero-order valence-electron chi connectivity index (χ0n) is 13.4. The second kappa shape index (κ2) is 7.87. The highest BCUT2D eigenvalue weighted by atomic mass is 16.2. The number of amides is 1. The molecule has 0 aliphatic carbocycles. The Morgan fingerprint density at radius 1 is 1.04 bits per heavy atom. The Morgan fingerprint density at radius 3 is 2.56 bits per heavy atom. The zero-order chi connectivity index (χ0) is 17.5. The summed E-state index contributed by atoms with van der Waals surface area (Å²) in [4.78, 5) is 31.8. The van der Waals surface area contributed by atoms with Gasteiger partial charge in [0.1, 0.15) is 6.33 Å². The SMILES string of the molecule is O=C(CNc1cccnc1)NCc1ccc(C(=O)n2ccnc2)cc1. The predicted octanol–water partition coefficient (Wildman–Crippen LogP) is 1.69. The Labute approximate surface area is 144 Å². The number of hydrogen-bond donors (Lipinski definition) is 2. The number of benzene rings is 1. The zero-order valence-corrected chi connectivity index (χ0v) is 13.4. The van der Waals surface area contributed by atoms with Crippen molar-refractivity contribution in [1.82, 2.24) is 19.9 Å². The standard InChI is InChI=1S/C18H17N5O2/c24-17(12-21-16-2-1-7-19-11-16)22-10-14-3-5-15(6-4-14)18(25)23-9-8-20-13-23/h1-9,11,13,21H,10,12H2,(H,22,24). The van der Waals surface area contributed by atoms with Crippen LogP contribution in [0.1, 0.15) is 15.9 Å². The van der Waals surface area contributed by atoms with Gasteiger partial charge in [0.05, 0.1) is 12.2 Å². The molecule has 0 fully saturated rings. The van der Waals surface area contributed by atoms with Crippen molar-refractivity contribution in [3.05, 3.63) is 78.6 Å². The van der Waals surface area contributed by atoms with Gasteiger partial charge in [0.25, 0.3) is 5.91 Å². The first-order valence-corrected chi connectivity index (χ1v) is 7.74. The summed E-state index contributed by atoms with van der Waals surface area (Å²) in [7, 11) is 0. The fourth-order valence-electron chi connectivity index (χ4n) is 2.21. The predicted molar refractivity (Wildman–Crippen MR) is 93.0 cm³/mol. The first-order valence-electron chi connectivity index (χ1n) is 7.74. The smallest absolute Gasteiger partial charge is 0.263 e. The number of hydrogen-bond acceptors (Lipinski definition) is 5. The highest BCUT2D eigenvalue weighted by molar-refractivity contribution is 5.95. The van der Waals surface area contributed by atoms with E-state index < -0.39 is 0 Å². The van der Waals surface area contributed by atoms with E-state index >= 15 is 0 Å². The number of aromatic nitrogens is 3. The van der Waals surface area contributed by atoms with Crippen molar-refractivity contribution in [3.8, 4) is 0 Å². The molecule has 0 atom stereocenters. The molecule has 7 heteroatoms. The lowest BCUT2D eigenvalue weighted by Crippen LogP contribution is -2.29. The molecule has 3 rings (SSSR count). The highest BCUT2D eigenvalue weighted by Gasteiger charge is 2.07. The van der Waals surface area contributed by atoms with Gasteiger partial charge in [-0.05, 0) is 29.8 Å². The van der Waals surface area contributed by atoms with Crippen molar-refractivity contribution >= 4 is 17.5 Å². The second-order valence-corrected chi connectivity index (χ2v) is 5.34. The molecule has 25 heavy (non-hydrogen) atoms. The molecule has 0 unspecified atom stereocenters. The molecule has 0 aliphatic rings. The Bertz CT molecular complexity index is 830. The highest BCUT2D eigenvalue weighted by Crippen LogP contribution is 2.07. The van der Waals surface area contributed by atoms with Gasteiger partial charge >= 0.3 is 0 Å².